The Morgan fingerprint density at radius 2 is 1.76 bits per heavy atom. The summed E-state index contributed by atoms with van der Waals surface area (Å²) in [5, 5.41) is 12.5. The maximum absolute atomic E-state index is 12.1. The van der Waals surface area contributed by atoms with Crippen LogP contribution in [-0.2, 0) is 4.79 Å². The molecule has 2 aromatic heterocycles. The Hall–Kier alpha value is -2.96. The lowest BCUT2D eigenvalue weighted by molar-refractivity contribution is -0.122. The topological polar surface area (TPSA) is 84.7 Å². The van der Waals surface area contributed by atoms with E-state index in [4.69, 9.17) is 9.97 Å². The third kappa shape index (κ3) is 5.52. The van der Waals surface area contributed by atoms with Crippen molar-refractivity contribution < 1.29 is 4.79 Å². The van der Waals surface area contributed by atoms with Gasteiger partial charge < -0.3 is 10.6 Å². The van der Waals surface area contributed by atoms with Gasteiger partial charge in [-0.25, -0.2) is 14.6 Å². The Balaban J connectivity index is 1.53. The summed E-state index contributed by atoms with van der Waals surface area (Å²) in [7, 11) is 0. The molecule has 0 bridgehead atoms. The van der Waals surface area contributed by atoms with Gasteiger partial charge in [-0.05, 0) is 50.2 Å². The van der Waals surface area contributed by atoms with Crippen molar-refractivity contribution in [3.8, 4) is 5.69 Å². The number of aromatic nitrogens is 4. The second-order valence-corrected chi connectivity index (χ2v) is 9.73. The number of amides is 1. The van der Waals surface area contributed by atoms with E-state index in [1.165, 1.54) is 0 Å². The molecule has 176 valence electrons. The molecule has 1 saturated carbocycles. The Bertz CT molecular complexity index is 1070. The van der Waals surface area contributed by atoms with Gasteiger partial charge in [-0.15, -0.1) is 0 Å². The number of nitrogens with one attached hydrogen (secondary N) is 2. The van der Waals surface area contributed by atoms with E-state index < -0.39 is 0 Å². The summed E-state index contributed by atoms with van der Waals surface area (Å²) >= 11 is 0. The van der Waals surface area contributed by atoms with E-state index in [1.807, 2.05) is 41.2 Å². The van der Waals surface area contributed by atoms with E-state index in [2.05, 4.69) is 43.4 Å². The first-order valence-electron chi connectivity index (χ1n) is 12.3. The van der Waals surface area contributed by atoms with Gasteiger partial charge in [0.2, 0.25) is 5.91 Å². The Kier molecular flexibility index (Phi) is 7.26. The summed E-state index contributed by atoms with van der Waals surface area (Å²) in [5.74, 6) is 2.54. The van der Waals surface area contributed by atoms with Crippen LogP contribution in [0.2, 0.25) is 0 Å². The smallest absolute Gasteiger partial charge is 0.220 e. The minimum atomic E-state index is 0.172. The van der Waals surface area contributed by atoms with E-state index in [1.54, 1.807) is 0 Å². The fraction of sp³-hybridized carbons (Fsp3) is 0.538. The Labute approximate surface area is 196 Å². The molecule has 7 heteroatoms. The molecule has 0 radical (unpaired) electrons. The number of anilines is 1. The number of para-hydroxylation sites is 1. The molecule has 33 heavy (non-hydrogen) atoms. The van der Waals surface area contributed by atoms with E-state index in [9.17, 15) is 4.79 Å². The average molecular weight is 449 g/mol. The van der Waals surface area contributed by atoms with Crippen LogP contribution >= 0.6 is 0 Å². The molecule has 2 N–H and O–H groups in total. The third-order valence-electron chi connectivity index (χ3n) is 6.53. The summed E-state index contributed by atoms with van der Waals surface area (Å²) in [6.45, 7) is 8.49. The first kappa shape index (κ1) is 23.2. The number of fused-ring (bicyclic) bond motifs is 1. The van der Waals surface area contributed by atoms with Crippen molar-refractivity contribution in [1.82, 2.24) is 25.1 Å². The monoisotopic (exact) mass is 448 g/mol. The molecule has 1 unspecified atom stereocenters. The molecule has 1 aliphatic rings. The molecule has 0 spiro atoms. The lowest BCUT2D eigenvalue weighted by Crippen LogP contribution is -2.40. The zero-order chi connectivity index (χ0) is 23.4. The largest absolute Gasteiger partial charge is 0.367 e. The van der Waals surface area contributed by atoms with Crippen LogP contribution in [0.1, 0.15) is 78.0 Å². The molecule has 0 saturated heterocycles. The zero-order valence-electron chi connectivity index (χ0n) is 20.2. The normalized spacial score (nSPS) is 19.5. The molecule has 3 aromatic rings. The highest BCUT2D eigenvalue weighted by Gasteiger charge is 2.24. The quantitative estimate of drug-likeness (QED) is 0.494. The number of benzene rings is 1. The van der Waals surface area contributed by atoms with Gasteiger partial charge in [-0.3, -0.25) is 4.79 Å². The molecule has 2 heterocycles. The molecular weight excluding hydrogens is 412 g/mol. The van der Waals surface area contributed by atoms with Gasteiger partial charge in [0.15, 0.2) is 5.65 Å². The van der Waals surface area contributed by atoms with Crippen LogP contribution in [0.5, 0.6) is 0 Å². The van der Waals surface area contributed by atoms with Crippen LogP contribution in [0, 0.1) is 5.92 Å². The van der Waals surface area contributed by atoms with Gasteiger partial charge in [0.1, 0.15) is 11.6 Å². The zero-order valence-corrected chi connectivity index (χ0v) is 20.2. The van der Waals surface area contributed by atoms with Gasteiger partial charge in [-0.2, -0.15) is 5.10 Å². The van der Waals surface area contributed by atoms with Crippen LogP contribution in [-0.4, -0.2) is 37.7 Å². The predicted octanol–water partition coefficient (Wildman–Crippen LogP) is 5.21. The summed E-state index contributed by atoms with van der Waals surface area (Å²) in [6.07, 6.45) is 7.41. The van der Waals surface area contributed by atoms with Crippen molar-refractivity contribution in [3.05, 3.63) is 42.4 Å². The van der Waals surface area contributed by atoms with Gasteiger partial charge >= 0.3 is 0 Å². The number of hydrogen-bond acceptors (Lipinski definition) is 5. The third-order valence-corrected chi connectivity index (χ3v) is 6.53. The van der Waals surface area contributed by atoms with Crippen LogP contribution in [0.15, 0.2) is 36.5 Å². The van der Waals surface area contributed by atoms with Gasteiger partial charge in [0, 0.05) is 24.4 Å². The molecule has 0 aliphatic heterocycles. The van der Waals surface area contributed by atoms with Gasteiger partial charge in [0.05, 0.1) is 17.3 Å². The van der Waals surface area contributed by atoms with Crippen molar-refractivity contribution in [2.24, 2.45) is 5.92 Å². The lowest BCUT2D eigenvalue weighted by atomic mass is 9.91. The van der Waals surface area contributed by atoms with Crippen molar-refractivity contribution in [2.75, 3.05) is 5.32 Å². The summed E-state index contributed by atoms with van der Waals surface area (Å²) < 4.78 is 1.90. The maximum atomic E-state index is 12.1. The standard InChI is InChI=1S/C26H36N6O/c1-5-18(4)24-30-25(22-16-27-32(26(22)31-24)21-9-7-6-8-10-21)29-20-13-11-19(12-14-20)28-23(33)15-17(2)3/h6-10,16-20H,5,11-15H2,1-4H3,(H,28,33)(H,29,30,31). The highest BCUT2D eigenvalue weighted by Crippen LogP contribution is 2.29. The molecule has 1 aliphatic carbocycles. The number of nitrogens with zero attached hydrogens (tertiary/aromatic N) is 4. The molecular formula is C26H36N6O. The minimum Gasteiger partial charge on any atom is -0.367 e. The SMILES string of the molecule is CCC(C)c1nc(NC2CCC(NC(=O)CC(C)C)CC2)c2cnn(-c3ccccc3)c2n1. The van der Waals surface area contributed by atoms with Crippen molar-refractivity contribution >= 4 is 22.8 Å². The van der Waals surface area contributed by atoms with Gasteiger partial charge in [-0.1, -0.05) is 45.9 Å². The van der Waals surface area contributed by atoms with Crippen LogP contribution in [0.25, 0.3) is 16.7 Å². The summed E-state index contributed by atoms with van der Waals surface area (Å²) in [5.41, 5.74) is 1.83. The average Bonchev–Trinajstić information content (AvgIpc) is 3.24. The van der Waals surface area contributed by atoms with Crippen molar-refractivity contribution in [2.45, 2.75) is 84.2 Å². The fourth-order valence-electron chi connectivity index (χ4n) is 4.43. The van der Waals surface area contributed by atoms with E-state index >= 15 is 0 Å². The van der Waals surface area contributed by atoms with Crippen molar-refractivity contribution in [3.63, 3.8) is 0 Å². The van der Waals surface area contributed by atoms with Crippen LogP contribution in [0.3, 0.4) is 0 Å². The molecule has 1 aromatic carbocycles. The van der Waals surface area contributed by atoms with E-state index in [-0.39, 0.29) is 17.9 Å². The van der Waals surface area contributed by atoms with Crippen LogP contribution in [0.4, 0.5) is 5.82 Å². The highest BCUT2D eigenvalue weighted by atomic mass is 16.1. The minimum absolute atomic E-state index is 0.172. The molecule has 7 nitrogen and oxygen atoms in total. The van der Waals surface area contributed by atoms with Crippen molar-refractivity contribution in [1.29, 1.82) is 0 Å². The maximum Gasteiger partial charge on any atom is 0.220 e. The summed E-state index contributed by atoms with van der Waals surface area (Å²) in [4.78, 5) is 22.0. The first-order chi connectivity index (χ1) is 15.9. The number of hydrogen-bond donors (Lipinski definition) is 2. The highest BCUT2D eigenvalue weighted by molar-refractivity contribution is 5.87. The number of rotatable bonds is 8. The van der Waals surface area contributed by atoms with E-state index in [0.717, 1.165) is 60.5 Å². The lowest BCUT2D eigenvalue weighted by Gasteiger charge is -2.30. The molecule has 1 fully saturated rings. The predicted molar refractivity (Wildman–Crippen MR) is 133 cm³/mol. The second kappa shape index (κ2) is 10.3. The Morgan fingerprint density at radius 1 is 1.06 bits per heavy atom. The Morgan fingerprint density at radius 3 is 2.42 bits per heavy atom. The number of carbonyl (C=O) groups is 1. The van der Waals surface area contributed by atoms with E-state index in [0.29, 0.717) is 18.4 Å². The first-order valence-corrected chi connectivity index (χ1v) is 12.3. The fourth-order valence-corrected chi connectivity index (χ4v) is 4.43. The molecule has 4 rings (SSSR count). The summed E-state index contributed by atoms with van der Waals surface area (Å²) in [6, 6.07) is 10.7. The molecule has 1 atom stereocenters. The number of carbonyl (C=O) groups excluding carboxylic acids is 1. The molecule has 1 amide bonds. The second-order valence-electron chi connectivity index (χ2n) is 9.73. The van der Waals surface area contributed by atoms with Crippen LogP contribution < -0.4 is 10.6 Å². The van der Waals surface area contributed by atoms with Gasteiger partial charge in [0.25, 0.3) is 0 Å².